The van der Waals surface area contributed by atoms with E-state index in [2.05, 4.69) is 0 Å². The molecule has 1 aromatic rings. The Balaban J connectivity index is 1.70. The number of carbonyl (C=O) groups is 2. The van der Waals surface area contributed by atoms with Crippen molar-refractivity contribution in [1.82, 2.24) is 4.90 Å². The highest BCUT2D eigenvalue weighted by molar-refractivity contribution is 5.74. The zero-order chi connectivity index (χ0) is 20.3. The Kier molecular flexibility index (Phi) is 3.91. The minimum absolute atomic E-state index is 0.115. The molecular weight excluding hydrogens is 374 g/mol. The normalized spacial score (nSPS) is 27.9. The summed E-state index contributed by atoms with van der Waals surface area (Å²) in [5.41, 5.74) is 2.87. The molecule has 2 heterocycles. The molecule has 0 aromatic heterocycles. The minimum atomic E-state index is -0.468. The summed E-state index contributed by atoms with van der Waals surface area (Å²) in [5.74, 6) is 1.49. The van der Waals surface area contributed by atoms with Crippen LogP contribution in [-0.2, 0) is 26.1 Å². The Morgan fingerprint density at radius 1 is 1.31 bits per heavy atom. The van der Waals surface area contributed by atoms with Gasteiger partial charge in [0.1, 0.15) is 5.76 Å². The first kappa shape index (κ1) is 18.1. The predicted molar refractivity (Wildman–Crippen MR) is 103 cm³/mol. The van der Waals surface area contributed by atoms with E-state index in [-0.39, 0.29) is 18.1 Å². The van der Waals surface area contributed by atoms with E-state index in [0.29, 0.717) is 43.3 Å². The summed E-state index contributed by atoms with van der Waals surface area (Å²) in [5, 5.41) is 0. The van der Waals surface area contributed by atoms with Crippen molar-refractivity contribution in [2.24, 2.45) is 0 Å². The van der Waals surface area contributed by atoms with Crippen LogP contribution in [0.4, 0.5) is 4.79 Å². The van der Waals surface area contributed by atoms with Crippen LogP contribution >= 0.6 is 0 Å². The van der Waals surface area contributed by atoms with Gasteiger partial charge in [0.2, 0.25) is 0 Å². The molecule has 7 nitrogen and oxygen atoms in total. The molecule has 2 aliphatic heterocycles. The van der Waals surface area contributed by atoms with Crippen LogP contribution in [0.2, 0.25) is 0 Å². The molecule has 3 atom stereocenters. The zero-order valence-electron chi connectivity index (χ0n) is 16.7. The van der Waals surface area contributed by atoms with E-state index in [1.807, 2.05) is 30.0 Å². The van der Waals surface area contributed by atoms with E-state index in [1.165, 1.54) is 6.92 Å². The molecule has 2 bridgehead atoms. The van der Waals surface area contributed by atoms with Crippen molar-refractivity contribution >= 4 is 12.1 Å². The maximum atomic E-state index is 12.6. The van der Waals surface area contributed by atoms with Gasteiger partial charge in [-0.05, 0) is 43.0 Å². The molecule has 0 radical (unpaired) electrons. The molecule has 2 aliphatic carbocycles. The van der Waals surface area contributed by atoms with Gasteiger partial charge >= 0.3 is 12.1 Å². The average Bonchev–Trinajstić information content (AvgIpc) is 3.03. The van der Waals surface area contributed by atoms with Gasteiger partial charge in [-0.25, -0.2) is 4.79 Å². The molecule has 1 spiro atoms. The number of likely N-dealkylation sites (tertiary alicyclic amines) is 1. The molecule has 1 amide bonds. The fourth-order valence-corrected chi connectivity index (χ4v) is 5.43. The molecule has 1 aromatic carbocycles. The van der Waals surface area contributed by atoms with Crippen molar-refractivity contribution in [2.45, 2.75) is 44.2 Å². The first-order chi connectivity index (χ1) is 14.0. The maximum absolute atomic E-state index is 12.6. The predicted octanol–water partition coefficient (Wildman–Crippen LogP) is 2.87. The number of methoxy groups -OCH3 is 1. The van der Waals surface area contributed by atoms with Crippen LogP contribution in [0, 0.1) is 0 Å². The number of rotatable bonds is 3. The third-order valence-corrected chi connectivity index (χ3v) is 6.42. The fourth-order valence-electron chi connectivity index (χ4n) is 5.43. The van der Waals surface area contributed by atoms with Crippen molar-refractivity contribution in [3.8, 4) is 11.5 Å². The molecule has 0 N–H and O–H groups in total. The van der Waals surface area contributed by atoms with Gasteiger partial charge in [0.25, 0.3) is 0 Å². The molecule has 29 heavy (non-hydrogen) atoms. The Hall–Kier alpha value is -2.96. The number of piperidine rings is 1. The van der Waals surface area contributed by atoms with Gasteiger partial charge in [-0.2, -0.15) is 0 Å². The summed E-state index contributed by atoms with van der Waals surface area (Å²) in [6.07, 6.45) is 4.38. The maximum Gasteiger partial charge on any atom is 0.410 e. The quantitative estimate of drug-likeness (QED) is 0.731. The number of ether oxygens (including phenoxy) is 4. The van der Waals surface area contributed by atoms with Crippen LogP contribution in [-0.4, -0.2) is 49.4 Å². The van der Waals surface area contributed by atoms with Crippen LogP contribution in [0.25, 0.3) is 0 Å². The number of hydrogen-bond acceptors (Lipinski definition) is 6. The largest absolute Gasteiger partial charge is 0.493 e. The Morgan fingerprint density at radius 3 is 2.86 bits per heavy atom. The van der Waals surface area contributed by atoms with Crippen LogP contribution < -0.4 is 9.47 Å². The first-order valence-electron chi connectivity index (χ1n) is 9.92. The monoisotopic (exact) mass is 397 g/mol. The van der Waals surface area contributed by atoms with Crippen LogP contribution in [0.3, 0.4) is 0 Å². The van der Waals surface area contributed by atoms with Crippen molar-refractivity contribution in [2.75, 3.05) is 20.3 Å². The fraction of sp³-hybridized carbons (Fsp3) is 0.455. The second-order valence-electron chi connectivity index (χ2n) is 7.75. The Labute approximate surface area is 168 Å². The molecule has 1 saturated heterocycles. The summed E-state index contributed by atoms with van der Waals surface area (Å²) in [7, 11) is 1.62. The number of carbonyl (C=O) groups excluding carboxylic acids is 2. The minimum Gasteiger partial charge on any atom is -0.493 e. The summed E-state index contributed by atoms with van der Waals surface area (Å²) in [6, 6.07) is 3.83. The van der Waals surface area contributed by atoms with E-state index >= 15 is 0 Å². The summed E-state index contributed by atoms with van der Waals surface area (Å²) in [6.45, 7) is 4.09. The highest BCUT2D eigenvalue weighted by Crippen LogP contribution is 2.62. The zero-order valence-corrected chi connectivity index (χ0v) is 16.7. The molecule has 152 valence electrons. The number of allylic oxidation sites excluding steroid dienone is 2. The van der Waals surface area contributed by atoms with Gasteiger partial charge in [0.15, 0.2) is 17.6 Å². The lowest BCUT2D eigenvalue weighted by atomic mass is 9.57. The molecular formula is C22H23NO6. The topological polar surface area (TPSA) is 74.3 Å². The molecule has 7 heteroatoms. The number of benzene rings is 1. The van der Waals surface area contributed by atoms with Crippen LogP contribution in [0.5, 0.6) is 11.5 Å². The van der Waals surface area contributed by atoms with Crippen molar-refractivity contribution in [3.63, 3.8) is 0 Å². The standard InChI is InChI=1S/C22H23NO6/c1-4-27-21(25)23-10-9-22-14-6-8-17(28-12(2)24)20(22)29-19-16(26-3)7-5-13(18(19)22)11-15(14)23/h5-8,15,20H,4,9-11H2,1-3H3/t15-,20+,22+/m1/s1. The number of nitrogens with zero attached hydrogens (tertiary/aromatic N) is 1. The molecule has 0 saturated carbocycles. The third kappa shape index (κ3) is 2.30. The van der Waals surface area contributed by atoms with E-state index in [9.17, 15) is 9.59 Å². The van der Waals surface area contributed by atoms with Crippen LogP contribution in [0.1, 0.15) is 31.4 Å². The van der Waals surface area contributed by atoms with Crippen molar-refractivity contribution in [1.29, 1.82) is 0 Å². The van der Waals surface area contributed by atoms with Crippen LogP contribution in [0.15, 0.2) is 35.6 Å². The highest BCUT2D eigenvalue weighted by Gasteiger charge is 2.63. The number of hydrogen-bond donors (Lipinski definition) is 0. The van der Waals surface area contributed by atoms with Gasteiger partial charge in [0.05, 0.1) is 25.2 Å². The highest BCUT2D eigenvalue weighted by atomic mass is 16.6. The lowest BCUT2D eigenvalue weighted by Crippen LogP contribution is -2.60. The summed E-state index contributed by atoms with van der Waals surface area (Å²) in [4.78, 5) is 26.2. The van der Waals surface area contributed by atoms with Gasteiger partial charge in [-0.15, -0.1) is 0 Å². The third-order valence-electron chi connectivity index (χ3n) is 6.42. The summed E-state index contributed by atoms with van der Waals surface area (Å²) < 4.78 is 22.8. The van der Waals surface area contributed by atoms with E-state index in [1.54, 1.807) is 13.2 Å². The van der Waals surface area contributed by atoms with E-state index in [0.717, 1.165) is 16.7 Å². The van der Waals surface area contributed by atoms with Crippen molar-refractivity contribution < 1.29 is 28.5 Å². The van der Waals surface area contributed by atoms with E-state index < -0.39 is 11.5 Å². The Morgan fingerprint density at radius 2 is 2.14 bits per heavy atom. The second-order valence-corrected chi connectivity index (χ2v) is 7.75. The van der Waals surface area contributed by atoms with E-state index in [4.69, 9.17) is 18.9 Å². The number of amides is 1. The van der Waals surface area contributed by atoms with Gasteiger partial charge in [-0.3, -0.25) is 4.79 Å². The summed E-state index contributed by atoms with van der Waals surface area (Å²) >= 11 is 0. The second kappa shape index (κ2) is 6.27. The molecule has 0 unspecified atom stereocenters. The SMILES string of the molecule is CCOC(=O)N1CC[C@@]23C4=CC=C(OC(C)=O)[C@@H]2Oc2c(OC)ccc(c23)C[C@H]41. The number of esters is 1. The molecule has 5 rings (SSSR count). The van der Waals surface area contributed by atoms with Crippen molar-refractivity contribution in [3.05, 3.63) is 46.7 Å². The lowest BCUT2D eigenvalue weighted by molar-refractivity contribution is -0.138. The smallest absolute Gasteiger partial charge is 0.410 e. The van der Waals surface area contributed by atoms with Gasteiger partial charge < -0.3 is 23.8 Å². The van der Waals surface area contributed by atoms with Gasteiger partial charge in [0, 0.05) is 19.0 Å². The molecule has 4 aliphatic rings. The molecule has 1 fully saturated rings. The Bertz CT molecular complexity index is 980. The lowest BCUT2D eigenvalue weighted by Gasteiger charge is -2.52. The van der Waals surface area contributed by atoms with Gasteiger partial charge in [-0.1, -0.05) is 12.1 Å². The first-order valence-corrected chi connectivity index (χ1v) is 9.92. The average molecular weight is 397 g/mol.